The number of hydrogen-bond donors (Lipinski definition) is 1. The highest BCUT2D eigenvalue weighted by Crippen LogP contribution is 2.46. The van der Waals surface area contributed by atoms with E-state index in [1.807, 2.05) is 6.92 Å². The molecule has 0 bridgehead atoms. The van der Waals surface area contributed by atoms with Crippen LogP contribution in [0.3, 0.4) is 0 Å². The molecular weight excluding hydrogens is 217 g/mol. The second-order valence-electron chi connectivity index (χ2n) is 5.99. The smallest absolute Gasteiger partial charge is 0.389 e. The molecule has 2 unspecified atom stereocenters. The first-order valence-electron chi connectivity index (χ1n) is 5.83. The molecule has 1 nitrogen and oxygen atoms in total. The van der Waals surface area contributed by atoms with E-state index < -0.39 is 18.2 Å². The highest BCUT2D eigenvalue weighted by molar-refractivity contribution is 4.93. The molecule has 1 aliphatic rings. The Kier molecular flexibility index (Phi) is 3.63. The van der Waals surface area contributed by atoms with Crippen molar-refractivity contribution in [1.29, 1.82) is 0 Å². The Bertz CT molecular complexity index is 247. The van der Waals surface area contributed by atoms with Gasteiger partial charge >= 0.3 is 6.18 Å². The molecule has 1 aliphatic carbocycles. The number of hydrogen-bond acceptors (Lipinski definition) is 1. The first-order valence-corrected chi connectivity index (χ1v) is 5.83. The summed E-state index contributed by atoms with van der Waals surface area (Å²) in [6.45, 7) is 6.07. The van der Waals surface area contributed by atoms with Gasteiger partial charge in [0.25, 0.3) is 0 Å². The van der Waals surface area contributed by atoms with E-state index in [1.54, 1.807) is 0 Å². The summed E-state index contributed by atoms with van der Waals surface area (Å²) >= 11 is 0. The number of alkyl halides is 3. The van der Waals surface area contributed by atoms with Crippen LogP contribution in [0.5, 0.6) is 0 Å². The van der Waals surface area contributed by atoms with Gasteiger partial charge in [-0.2, -0.15) is 13.2 Å². The van der Waals surface area contributed by atoms with Gasteiger partial charge in [0.1, 0.15) is 0 Å². The fourth-order valence-electron chi connectivity index (χ4n) is 2.65. The minimum atomic E-state index is -4.16. The monoisotopic (exact) mass is 238 g/mol. The van der Waals surface area contributed by atoms with Crippen molar-refractivity contribution in [3.63, 3.8) is 0 Å². The third-order valence-corrected chi connectivity index (χ3v) is 3.85. The Balaban J connectivity index is 2.58. The zero-order valence-corrected chi connectivity index (χ0v) is 10.2. The molecular formula is C12H21F3O. The molecule has 96 valence electrons. The Morgan fingerprint density at radius 2 is 1.81 bits per heavy atom. The van der Waals surface area contributed by atoms with Crippen LogP contribution in [0.2, 0.25) is 0 Å². The lowest BCUT2D eigenvalue weighted by Crippen LogP contribution is -2.44. The van der Waals surface area contributed by atoms with E-state index in [0.29, 0.717) is 6.42 Å². The van der Waals surface area contributed by atoms with Crippen molar-refractivity contribution in [3.05, 3.63) is 0 Å². The maximum Gasteiger partial charge on any atom is 0.389 e. The van der Waals surface area contributed by atoms with Gasteiger partial charge in [0.15, 0.2) is 0 Å². The molecule has 0 aliphatic heterocycles. The summed E-state index contributed by atoms with van der Waals surface area (Å²) < 4.78 is 36.4. The predicted molar refractivity (Wildman–Crippen MR) is 57.0 cm³/mol. The van der Waals surface area contributed by atoms with Gasteiger partial charge in [-0.1, -0.05) is 20.8 Å². The number of halogens is 3. The molecule has 16 heavy (non-hydrogen) atoms. The minimum Gasteiger partial charge on any atom is -0.390 e. The van der Waals surface area contributed by atoms with Crippen LogP contribution in [0.15, 0.2) is 0 Å². The fourth-order valence-corrected chi connectivity index (χ4v) is 2.65. The second-order valence-corrected chi connectivity index (χ2v) is 5.99. The summed E-state index contributed by atoms with van der Waals surface area (Å²) in [6.07, 6.45) is -3.13. The summed E-state index contributed by atoms with van der Waals surface area (Å²) in [7, 11) is 0. The van der Waals surface area contributed by atoms with Crippen LogP contribution in [0.25, 0.3) is 0 Å². The molecule has 0 aromatic rings. The average molecular weight is 238 g/mol. The molecule has 0 amide bonds. The van der Waals surface area contributed by atoms with Gasteiger partial charge < -0.3 is 5.11 Å². The zero-order valence-electron chi connectivity index (χ0n) is 10.2. The van der Waals surface area contributed by atoms with E-state index in [2.05, 4.69) is 13.8 Å². The third-order valence-electron chi connectivity index (χ3n) is 3.85. The average Bonchev–Trinajstić information content (AvgIpc) is 2.08. The molecule has 0 aromatic carbocycles. The van der Waals surface area contributed by atoms with Gasteiger partial charge in [-0.05, 0) is 37.0 Å². The van der Waals surface area contributed by atoms with Crippen molar-refractivity contribution in [2.75, 3.05) is 0 Å². The maximum atomic E-state index is 12.1. The van der Waals surface area contributed by atoms with E-state index in [9.17, 15) is 18.3 Å². The van der Waals surface area contributed by atoms with Crippen molar-refractivity contribution in [2.24, 2.45) is 11.3 Å². The standard InChI is InChI=1S/C12H21F3O/c1-9-8-10(2,3)4-5-11(9,16)6-7-12(13,14)15/h9,16H,4-8H2,1-3H3. The van der Waals surface area contributed by atoms with E-state index in [1.165, 1.54) is 0 Å². The summed E-state index contributed by atoms with van der Waals surface area (Å²) in [6, 6.07) is 0. The fraction of sp³-hybridized carbons (Fsp3) is 1.00. The number of rotatable bonds is 2. The van der Waals surface area contributed by atoms with Gasteiger partial charge in [-0.3, -0.25) is 0 Å². The summed E-state index contributed by atoms with van der Waals surface area (Å²) in [5.41, 5.74) is -0.977. The largest absolute Gasteiger partial charge is 0.390 e. The highest BCUT2D eigenvalue weighted by atomic mass is 19.4. The van der Waals surface area contributed by atoms with Crippen molar-refractivity contribution in [3.8, 4) is 0 Å². The molecule has 0 spiro atoms. The SMILES string of the molecule is CC1CC(C)(C)CCC1(O)CCC(F)(F)F. The molecule has 0 heterocycles. The lowest BCUT2D eigenvalue weighted by Gasteiger charge is -2.45. The van der Waals surface area contributed by atoms with Crippen LogP contribution < -0.4 is 0 Å². The topological polar surface area (TPSA) is 20.2 Å². The van der Waals surface area contributed by atoms with E-state index in [0.717, 1.165) is 12.8 Å². The van der Waals surface area contributed by atoms with Crippen LogP contribution in [0.4, 0.5) is 13.2 Å². The molecule has 1 rings (SSSR count). The third kappa shape index (κ3) is 3.65. The van der Waals surface area contributed by atoms with E-state index >= 15 is 0 Å². The Morgan fingerprint density at radius 1 is 1.25 bits per heavy atom. The molecule has 0 saturated heterocycles. The van der Waals surface area contributed by atoms with Gasteiger partial charge in [0.2, 0.25) is 0 Å². The normalized spacial score (nSPS) is 35.1. The lowest BCUT2D eigenvalue weighted by atomic mass is 9.64. The first-order chi connectivity index (χ1) is 7.04. The minimum absolute atomic E-state index is 0.0569. The van der Waals surface area contributed by atoms with Crippen molar-refractivity contribution in [2.45, 2.75) is 64.7 Å². The van der Waals surface area contributed by atoms with Crippen molar-refractivity contribution in [1.82, 2.24) is 0 Å². The Labute approximate surface area is 95.0 Å². The quantitative estimate of drug-likeness (QED) is 0.773. The molecule has 1 saturated carbocycles. The van der Waals surface area contributed by atoms with Crippen LogP contribution in [-0.2, 0) is 0 Å². The Morgan fingerprint density at radius 3 is 2.25 bits per heavy atom. The molecule has 2 atom stereocenters. The molecule has 1 N–H and O–H groups in total. The van der Waals surface area contributed by atoms with Crippen LogP contribution >= 0.6 is 0 Å². The molecule has 1 fully saturated rings. The predicted octanol–water partition coefficient (Wildman–Crippen LogP) is 3.91. The maximum absolute atomic E-state index is 12.1. The highest BCUT2D eigenvalue weighted by Gasteiger charge is 2.44. The van der Waals surface area contributed by atoms with Gasteiger partial charge in [0.05, 0.1) is 5.60 Å². The molecule has 0 radical (unpaired) electrons. The summed E-state index contributed by atoms with van der Waals surface area (Å²) in [4.78, 5) is 0. The van der Waals surface area contributed by atoms with Gasteiger partial charge in [-0.25, -0.2) is 0 Å². The summed E-state index contributed by atoms with van der Waals surface area (Å²) in [5.74, 6) is -0.0569. The van der Waals surface area contributed by atoms with Crippen molar-refractivity contribution < 1.29 is 18.3 Å². The van der Waals surface area contributed by atoms with E-state index in [-0.39, 0.29) is 17.8 Å². The van der Waals surface area contributed by atoms with Crippen LogP contribution in [-0.4, -0.2) is 16.9 Å². The second kappa shape index (κ2) is 4.21. The van der Waals surface area contributed by atoms with Crippen LogP contribution in [0.1, 0.15) is 52.9 Å². The van der Waals surface area contributed by atoms with E-state index in [4.69, 9.17) is 0 Å². The first kappa shape index (κ1) is 13.8. The van der Waals surface area contributed by atoms with Crippen LogP contribution in [0, 0.1) is 11.3 Å². The Hall–Kier alpha value is -0.250. The summed E-state index contributed by atoms with van der Waals surface area (Å²) in [5, 5.41) is 10.2. The number of aliphatic hydroxyl groups is 1. The van der Waals surface area contributed by atoms with Gasteiger partial charge in [0, 0.05) is 6.42 Å². The zero-order chi connectivity index (χ0) is 12.6. The molecule has 0 aromatic heterocycles. The molecule has 4 heteroatoms. The van der Waals surface area contributed by atoms with Gasteiger partial charge in [-0.15, -0.1) is 0 Å². The lowest BCUT2D eigenvalue weighted by molar-refractivity contribution is -0.158. The van der Waals surface area contributed by atoms with Crippen molar-refractivity contribution >= 4 is 0 Å².